The van der Waals surface area contributed by atoms with Crippen molar-refractivity contribution in [2.24, 2.45) is 5.73 Å². The smallest absolute Gasteiger partial charge is 0.324 e. The predicted molar refractivity (Wildman–Crippen MR) is 44.7 cm³/mol. The van der Waals surface area contributed by atoms with E-state index in [9.17, 15) is 4.79 Å². The number of esters is 1. The molecular weight excluding hydrogens is 172 g/mol. The molecule has 2 N–H and O–H groups in total. The molecule has 0 spiro atoms. The lowest BCUT2D eigenvalue weighted by atomic mass is 10.1. The van der Waals surface area contributed by atoms with Gasteiger partial charge >= 0.3 is 5.97 Å². The third-order valence-electron chi connectivity index (χ3n) is 1.85. The van der Waals surface area contributed by atoms with E-state index >= 15 is 0 Å². The third-order valence-corrected chi connectivity index (χ3v) is 1.85. The summed E-state index contributed by atoms with van der Waals surface area (Å²) in [6.07, 6.45) is 3.17. The third kappa shape index (κ3) is 2.03. The van der Waals surface area contributed by atoms with Gasteiger partial charge in [0.05, 0.1) is 19.3 Å². The molecule has 0 fully saturated rings. The van der Waals surface area contributed by atoms with Gasteiger partial charge in [0, 0.05) is 6.20 Å². The van der Waals surface area contributed by atoms with Crippen molar-refractivity contribution in [3.05, 3.63) is 12.4 Å². The molecule has 0 aliphatic rings. The molecule has 13 heavy (non-hydrogen) atoms. The average molecular weight is 184 g/mol. The van der Waals surface area contributed by atoms with Crippen LogP contribution >= 0.6 is 0 Å². The van der Waals surface area contributed by atoms with Crippen LogP contribution in [0.3, 0.4) is 0 Å². The van der Waals surface area contributed by atoms with Gasteiger partial charge in [-0.05, 0) is 6.92 Å². The van der Waals surface area contributed by atoms with Crippen LogP contribution in [0.15, 0.2) is 12.4 Å². The van der Waals surface area contributed by atoms with Gasteiger partial charge in [-0.3, -0.25) is 4.79 Å². The molecule has 0 aromatic carbocycles. The van der Waals surface area contributed by atoms with E-state index in [-0.39, 0.29) is 6.04 Å². The Bertz CT molecular complexity index is 272. The van der Waals surface area contributed by atoms with Crippen molar-refractivity contribution < 1.29 is 9.53 Å². The van der Waals surface area contributed by atoms with E-state index in [1.807, 2.05) is 0 Å². The minimum absolute atomic E-state index is 0.255. The Balaban J connectivity index is 2.68. The molecule has 1 aromatic heterocycles. The maximum atomic E-state index is 11.0. The number of nitrogens with two attached hydrogens (primary N) is 1. The van der Waals surface area contributed by atoms with E-state index < -0.39 is 12.0 Å². The highest BCUT2D eigenvalue weighted by Crippen LogP contribution is 2.07. The van der Waals surface area contributed by atoms with E-state index in [4.69, 9.17) is 5.73 Å². The summed E-state index contributed by atoms with van der Waals surface area (Å²) in [7, 11) is 1.30. The number of carbonyl (C=O) groups excluding carboxylic acids is 1. The summed E-state index contributed by atoms with van der Waals surface area (Å²) in [4.78, 5) is 11.0. The molecule has 6 nitrogen and oxygen atoms in total. The molecule has 0 unspecified atom stereocenters. The van der Waals surface area contributed by atoms with Crippen LogP contribution in [0.5, 0.6) is 0 Å². The number of hydrogen-bond acceptors (Lipinski definition) is 5. The van der Waals surface area contributed by atoms with Crippen LogP contribution in [-0.4, -0.2) is 34.1 Å². The second-order valence-corrected chi connectivity index (χ2v) is 2.67. The van der Waals surface area contributed by atoms with Gasteiger partial charge in [0.2, 0.25) is 0 Å². The first-order chi connectivity index (χ1) is 6.16. The highest BCUT2D eigenvalue weighted by Gasteiger charge is 2.23. The van der Waals surface area contributed by atoms with Crippen molar-refractivity contribution >= 4 is 5.97 Å². The van der Waals surface area contributed by atoms with Gasteiger partial charge in [-0.15, -0.1) is 5.10 Å². The maximum Gasteiger partial charge on any atom is 0.324 e. The fourth-order valence-electron chi connectivity index (χ4n) is 0.932. The molecule has 0 amide bonds. The molecule has 0 aliphatic heterocycles. The molecule has 1 heterocycles. The van der Waals surface area contributed by atoms with Crippen molar-refractivity contribution in [3.63, 3.8) is 0 Å². The number of methoxy groups -OCH3 is 1. The summed E-state index contributed by atoms with van der Waals surface area (Å²) < 4.78 is 6.02. The monoisotopic (exact) mass is 184 g/mol. The molecule has 0 radical (unpaired) electrons. The first-order valence-electron chi connectivity index (χ1n) is 3.86. The summed E-state index contributed by atoms with van der Waals surface area (Å²) in [6.45, 7) is 1.77. The van der Waals surface area contributed by atoms with E-state index in [2.05, 4.69) is 15.0 Å². The van der Waals surface area contributed by atoms with Crippen LogP contribution in [0, 0.1) is 0 Å². The van der Waals surface area contributed by atoms with E-state index in [0.717, 1.165) is 0 Å². The lowest BCUT2D eigenvalue weighted by molar-refractivity contribution is -0.143. The molecule has 0 saturated carbocycles. The standard InChI is InChI=1S/C7H12N4O2/c1-5(6(8)7(12)13-2)11-4-3-9-10-11/h3-6H,8H2,1-2H3/t5-,6-/m0/s1. The number of aromatic nitrogens is 3. The molecule has 6 heteroatoms. The highest BCUT2D eigenvalue weighted by atomic mass is 16.5. The van der Waals surface area contributed by atoms with Crippen LogP contribution in [0.2, 0.25) is 0 Å². The summed E-state index contributed by atoms with van der Waals surface area (Å²) in [6, 6.07) is -0.971. The summed E-state index contributed by atoms with van der Waals surface area (Å²) in [5, 5.41) is 7.35. The molecule has 1 rings (SSSR count). The zero-order chi connectivity index (χ0) is 9.84. The summed E-state index contributed by atoms with van der Waals surface area (Å²) in [5.41, 5.74) is 5.60. The maximum absolute atomic E-state index is 11.0. The predicted octanol–water partition coefficient (Wildman–Crippen LogP) is -0.661. The zero-order valence-corrected chi connectivity index (χ0v) is 7.54. The lowest BCUT2D eigenvalue weighted by Crippen LogP contribution is -2.39. The van der Waals surface area contributed by atoms with Gasteiger partial charge in [0.1, 0.15) is 6.04 Å². The van der Waals surface area contributed by atoms with Crippen LogP contribution in [0.1, 0.15) is 13.0 Å². The normalized spacial score (nSPS) is 15.0. The number of hydrogen-bond donors (Lipinski definition) is 1. The second kappa shape index (κ2) is 3.99. The van der Waals surface area contributed by atoms with Crippen LogP contribution in [0.4, 0.5) is 0 Å². The van der Waals surface area contributed by atoms with Crippen LogP contribution in [0.25, 0.3) is 0 Å². The Labute approximate surface area is 75.7 Å². The minimum Gasteiger partial charge on any atom is -0.468 e. The average Bonchev–Trinajstić information content (AvgIpc) is 2.67. The Morgan fingerprint density at radius 2 is 2.38 bits per heavy atom. The summed E-state index contributed by atoms with van der Waals surface area (Å²) in [5.74, 6) is -0.456. The number of nitrogens with zero attached hydrogens (tertiary/aromatic N) is 3. The van der Waals surface area contributed by atoms with Crippen molar-refractivity contribution in [1.82, 2.24) is 15.0 Å². The Kier molecular flexibility index (Phi) is 2.97. The molecule has 0 bridgehead atoms. The van der Waals surface area contributed by atoms with Crippen molar-refractivity contribution in [3.8, 4) is 0 Å². The van der Waals surface area contributed by atoms with E-state index in [1.54, 1.807) is 13.1 Å². The van der Waals surface area contributed by atoms with Crippen molar-refractivity contribution in [2.75, 3.05) is 7.11 Å². The van der Waals surface area contributed by atoms with E-state index in [0.29, 0.717) is 0 Å². The van der Waals surface area contributed by atoms with Crippen molar-refractivity contribution in [1.29, 1.82) is 0 Å². The number of ether oxygens (including phenoxy) is 1. The van der Waals surface area contributed by atoms with Gasteiger partial charge in [-0.1, -0.05) is 5.21 Å². The van der Waals surface area contributed by atoms with Gasteiger partial charge in [-0.2, -0.15) is 0 Å². The van der Waals surface area contributed by atoms with Crippen LogP contribution < -0.4 is 5.73 Å². The fraction of sp³-hybridized carbons (Fsp3) is 0.571. The lowest BCUT2D eigenvalue weighted by Gasteiger charge is -2.16. The van der Waals surface area contributed by atoms with Crippen LogP contribution in [-0.2, 0) is 9.53 Å². The molecular formula is C7H12N4O2. The SMILES string of the molecule is COC(=O)[C@@H](N)[C@H](C)n1ccnn1. The Hall–Kier alpha value is -1.43. The summed E-state index contributed by atoms with van der Waals surface area (Å²) >= 11 is 0. The van der Waals surface area contributed by atoms with Gasteiger partial charge in [0.25, 0.3) is 0 Å². The molecule has 1 aromatic rings. The van der Waals surface area contributed by atoms with Crippen molar-refractivity contribution in [2.45, 2.75) is 19.0 Å². The molecule has 0 saturated heterocycles. The first kappa shape index (κ1) is 9.66. The van der Waals surface area contributed by atoms with Gasteiger partial charge in [-0.25, -0.2) is 4.68 Å². The van der Waals surface area contributed by atoms with E-state index in [1.165, 1.54) is 18.0 Å². The zero-order valence-electron chi connectivity index (χ0n) is 7.54. The highest BCUT2D eigenvalue weighted by molar-refractivity contribution is 5.75. The number of carbonyl (C=O) groups is 1. The number of rotatable bonds is 3. The Morgan fingerprint density at radius 1 is 1.69 bits per heavy atom. The van der Waals surface area contributed by atoms with Gasteiger partial charge in [0.15, 0.2) is 0 Å². The quantitative estimate of drug-likeness (QED) is 0.630. The Morgan fingerprint density at radius 3 is 2.85 bits per heavy atom. The topological polar surface area (TPSA) is 83.0 Å². The van der Waals surface area contributed by atoms with Gasteiger partial charge < -0.3 is 10.5 Å². The molecule has 0 aliphatic carbocycles. The molecule has 2 atom stereocenters. The largest absolute Gasteiger partial charge is 0.468 e. The first-order valence-corrected chi connectivity index (χ1v) is 3.86. The minimum atomic E-state index is -0.716. The molecule has 72 valence electrons. The fourth-order valence-corrected chi connectivity index (χ4v) is 0.932. The second-order valence-electron chi connectivity index (χ2n) is 2.67.